The number of carbonyl (C=O) groups excluding carboxylic acids is 4. The molecule has 4 aromatic rings. The SMILES string of the molecule is CN[C@@H]1Cc2c([nH]c3ccc(NC=O)cc23)C(OC(=O)CCC(=O)OC2C[C@H](NC)Cc3c2[nH]c2ccc(NC=O)cc32)C1. The molecule has 0 aliphatic heterocycles. The van der Waals surface area contributed by atoms with E-state index < -0.39 is 24.1 Å². The summed E-state index contributed by atoms with van der Waals surface area (Å²) in [5.74, 6) is -0.954. The van der Waals surface area contributed by atoms with Gasteiger partial charge in [0.15, 0.2) is 0 Å². The van der Waals surface area contributed by atoms with Crippen molar-refractivity contribution in [2.45, 2.75) is 62.8 Å². The summed E-state index contributed by atoms with van der Waals surface area (Å²) in [5.41, 5.74) is 6.92. The molecule has 6 rings (SSSR count). The van der Waals surface area contributed by atoms with Crippen molar-refractivity contribution >= 4 is 57.9 Å². The molecule has 0 fully saturated rings. The lowest BCUT2D eigenvalue weighted by molar-refractivity contribution is -0.157. The number of esters is 2. The monoisotopic (exact) mass is 600 g/mol. The van der Waals surface area contributed by atoms with Crippen LogP contribution in [0.15, 0.2) is 36.4 Å². The van der Waals surface area contributed by atoms with Crippen molar-refractivity contribution in [3.05, 3.63) is 58.9 Å². The van der Waals surface area contributed by atoms with Crippen molar-refractivity contribution < 1.29 is 28.7 Å². The van der Waals surface area contributed by atoms with Gasteiger partial charge in [-0.25, -0.2) is 0 Å². The van der Waals surface area contributed by atoms with Crippen molar-refractivity contribution in [1.82, 2.24) is 20.6 Å². The average molecular weight is 601 g/mol. The third-order valence-corrected chi connectivity index (χ3v) is 8.77. The van der Waals surface area contributed by atoms with Crippen LogP contribution >= 0.6 is 0 Å². The zero-order chi connectivity index (χ0) is 30.8. The van der Waals surface area contributed by atoms with Gasteiger partial charge in [-0.2, -0.15) is 0 Å². The number of nitrogens with one attached hydrogen (secondary N) is 6. The van der Waals surface area contributed by atoms with Crippen LogP contribution in [0.25, 0.3) is 21.8 Å². The minimum Gasteiger partial charge on any atom is -0.456 e. The molecule has 2 unspecified atom stereocenters. The second-order valence-electron chi connectivity index (χ2n) is 11.4. The third-order valence-electron chi connectivity index (χ3n) is 8.77. The maximum absolute atomic E-state index is 13.0. The van der Waals surface area contributed by atoms with Crippen molar-refractivity contribution in [3.63, 3.8) is 0 Å². The minimum absolute atomic E-state index is 0.0918. The number of ether oxygens (including phenoxy) is 2. The summed E-state index contributed by atoms with van der Waals surface area (Å²) in [6.07, 6.45) is 2.74. The Balaban J connectivity index is 1.13. The lowest BCUT2D eigenvalue weighted by Crippen LogP contribution is -2.35. The number of H-pyrrole nitrogens is 2. The Morgan fingerprint density at radius 1 is 0.750 bits per heavy atom. The Morgan fingerprint density at radius 3 is 1.57 bits per heavy atom. The molecule has 4 atom stereocenters. The first-order chi connectivity index (χ1) is 21.4. The van der Waals surface area contributed by atoms with E-state index in [1.807, 2.05) is 50.5 Å². The highest BCUT2D eigenvalue weighted by Gasteiger charge is 2.34. The summed E-state index contributed by atoms with van der Waals surface area (Å²) in [5, 5.41) is 13.9. The van der Waals surface area contributed by atoms with Gasteiger partial charge in [0.25, 0.3) is 0 Å². The number of anilines is 2. The molecule has 2 heterocycles. The van der Waals surface area contributed by atoms with Gasteiger partial charge in [-0.15, -0.1) is 0 Å². The summed E-state index contributed by atoms with van der Waals surface area (Å²) in [6.45, 7) is 0. The number of carbonyl (C=O) groups is 4. The molecule has 2 aliphatic rings. The molecule has 230 valence electrons. The number of hydrogen-bond donors (Lipinski definition) is 6. The van der Waals surface area contributed by atoms with E-state index in [0.717, 1.165) is 57.2 Å². The predicted octanol–water partition coefficient (Wildman–Crippen LogP) is 3.50. The van der Waals surface area contributed by atoms with Gasteiger partial charge < -0.3 is 40.7 Å². The predicted molar refractivity (Wildman–Crippen MR) is 165 cm³/mol. The van der Waals surface area contributed by atoms with Gasteiger partial charge in [0.2, 0.25) is 12.8 Å². The lowest BCUT2D eigenvalue weighted by Gasteiger charge is -2.29. The average Bonchev–Trinajstić information content (AvgIpc) is 3.58. The highest BCUT2D eigenvalue weighted by atomic mass is 16.6. The Bertz CT molecular complexity index is 1600. The molecule has 0 bridgehead atoms. The fourth-order valence-electron chi connectivity index (χ4n) is 6.55. The highest BCUT2D eigenvalue weighted by Crippen LogP contribution is 2.39. The molecule has 2 aromatic carbocycles. The Hall–Kier alpha value is -4.68. The minimum atomic E-state index is -0.503. The standard InChI is InChI=1S/C32H36N6O6/c1-33-19-11-23-21-9-17(35-15-39)3-5-25(21)37-31(23)27(13-19)43-29(41)7-8-30(42)44-28-14-20(34-2)12-24-22-10-18(36-16-40)4-6-26(22)38-32(24)28/h3-6,9-10,15-16,19-20,27-28,33-34,37-38H,7-8,11-14H2,1-2H3,(H,35,39)(H,36,40)/t19-,20-,27?,28?/m1/s1. The van der Waals surface area contributed by atoms with E-state index in [2.05, 4.69) is 31.2 Å². The zero-order valence-electron chi connectivity index (χ0n) is 24.6. The molecular formula is C32H36N6O6. The second-order valence-corrected chi connectivity index (χ2v) is 11.4. The second kappa shape index (κ2) is 12.5. The number of amides is 2. The van der Waals surface area contributed by atoms with E-state index in [-0.39, 0.29) is 24.9 Å². The summed E-state index contributed by atoms with van der Waals surface area (Å²) < 4.78 is 11.8. The maximum Gasteiger partial charge on any atom is 0.307 e. The van der Waals surface area contributed by atoms with E-state index in [1.54, 1.807) is 0 Å². The van der Waals surface area contributed by atoms with Crippen LogP contribution in [0.2, 0.25) is 0 Å². The van der Waals surface area contributed by atoms with Gasteiger partial charge in [0.1, 0.15) is 12.2 Å². The first-order valence-electron chi connectivity index (χ1n) is 14.8. The topological polar surface area (TPSA) is 166 Å². The zero-order valence-corrected chi connectivity index (χ0v) is 24.6. The summed E-state index contributed by atoms with van der Waals surface area (Å²) in [7, 11) is 3.75. The van der Waals surface area contributed by atoms with E-state index in [0.29, 0.717) is 37.0 Å². The largest absolute Gasteiger partial charge is 0.456 e. The van der Waals surface area contributed by atoms with Crippen LogP contribution in [0.4, 0.5) is 11.4 Å². The first-order valence-corrected chi connectivity index (χ1v) is 14.8. The molecule has 2 aliphatic carbocycles. The van der Waals surface area contributed by atoms with Crippen molar-refractivity contribution in [3.8, 4) is 0 Å². The molecule has 2 aromatic heterocycles. The first kappa shape index (κ1) is 29.4. The molecule has 44 heavy (non-hydrogen) atoms. The fraction of sp³-hybridized carbons (Fsp3) is 0.375. The van der Waals surface area contributed by atoms with E-state index in [1.165, 1.54) is 0 Å². The van der Waals surface area contributed by atoms with Gasteiger partial charge >= 0.3 is 11.9 Å². The Kier molecular flexibility index (Phi) is 8.36. The van der Waals surface area contributed by atoms with Crippen molar-refractivity contribution in [1.29, 1.82) is 0 Å². The van der Waals surface area contributed by atoms with Crippen molar-refractivity contribution in [2.75, 3.05) is 24.7 Å². The van der Waals surface area contributed by atoms with Crippen LogP contribution in [0.5, 0.6) is 0 Å². The van der Waals surface area contributed by atoms with Crippen LogP contribution < -0.4 is 21.3 Å². The van der Waals surface area contributed by atoms with Crippen LogP contribution in [-0.2, 0) is 41.5 Å². The van der Waals surface area contributed by atoms with Crippen LogP contribution in [-0.4, -0.2) is 60.9 Å². The van der Waals surface area contributed by atoms with E-state index >= 15 is 0 Å². The third kappa shape index (κ3) is 5.78. The molecular weight excluding hydrogens is 564 g/mol. The highest BCUT2D eigenvalue weighted by molar-refractivity contribution is 5.91. The number of rotatable bonds is 11. The van der Waals surface area contributed by atoms with E-state index in [4.69, 9.17) is 9.47 Å². The molecule has 12 heteroatoms. The summed E-state index contributed by atoms with van der Waals surface area (Å²) in [4.78, 5) is 54.7. The quantitative estimate of drug-likeness (QED) is 0.112. The smallest absolute Gasteiger partial charge is 0.307 e. The number of aromatic amines is 2. The molecule has 0 spiro atoms. The van der Waals surface area contributed by atoms with Gasteiger partial charge in [-0.1, -0.05) is 0 Å². The van der Waals surface area contributed by atoms with Crippen LogP contribution in [0.3, 0.4) is 0 Å². The van der Waals surface area contributed by atoms with Gasteiger partial charge in [-0.3, -0.25) is 19.2 Å². The number of fused-ring (bicyclic) bond motifs is 6. The van der Waals surface area contributed by atoms with Gasteiger partial charge in [-0.05, 0) is 74.5 Å². The molecule has 0 radical (unpaired) electrons. The van der Waals surface area contributed by atoms with Gasteiger partial charge in [0, 0.05) is 58.1 Å². The summed E-state index contributed by atoms with van der Waals surface area (Å²) >= 11 is 0. The van der Waals surface area contributed by atoms with Crippen LogP contribution in [0.1, 0.15) is 60.4 Å². The summed E-state index contributed by atoms with van der Waals surface area (Å²) in [6, 6.07) is 11.4. The fourth-order valence-corrected chi connectivity index (χ4v) is 6.55. The Morgan fingerprint density at radius 2 is 1.18 bits per heavy atom. The normalized spacial score (nSPS) is 20.9. The van der Waals surface area contributed by atoms with Crippen molar-refractivity contribution in [2.24, 2.45) is 0 Å². The van der Waals surface area contributed by atoms with E-state index in [9.17, 15) is 19.2 Å². The number of benzene rings is 2. The molecule has 2 amide bonds. The van der Waals surface area contributed by atoms with Crippen LogP contribution in [0, 0.1) is 0 Å². The lowest BCUT2D eigenvalue weighted by atomic mass is 9.89. The molecule has 0 saturated carbocycles. The number of likely N-dealkylation sites (N-methyl/N-ethyl adjacent to an activating group) is 2. The number of hydrogen-bond acceptors (Lipinski definition) is 8. The molecule has 0 saturated heterocycles. The molecule has 6 N–H and O–H groups in total. The number of aromatic nitrogens is 2. The maximum atomic E-state index is 13.0. The Labute approximate surface area is 253 Å². The molecule has 12 nitrogen and oxygen atoms in total. The van der Waals surface area contributed by atoms with Gasteiger partial charge in [0.05, 0.1) is 24.2 Å².